The number of aliphatic carboxylic acids is 1. The normalized spacial score (nSPS) is 22.4. The van der Waals surface area contributed by atoms with Crippen LogP contribution >= 0.6 is 0 Å². The first kappa shape index (κ1) is 15.0. The van der Waals surface area contributed by atoms with E-state index in [1.165, 1.54) is 6.42 Å². The molecule has 1 aliphatic heterocycles. The summed E-state index contributed by atoms with van der Waals surface area (Å²) < 4.78 is 4.71. The minimum Gasteiger partial charge on any atom is -0.473 e. The average molecular weight is 257 g/mol. The van der Waals surface area contributed by atoms with Crippen LogP contribution in [-0.2, 0) is 14.3 Å². The van der Waals surface area contributed by atoms with Crippen molar-refractivity contribution in [2.24, 2.45) is 0 Å². The van der Waals surface area contributed by atoms with E-state index in [4.69, 9.17) is 9.84 Å². The van der Waals surface area contributed by atoms with Gasteiger partial charge in [-0.15, -0.1) is 0 Å². The predicted molar refractivity (Wildman–Crippen MR) is 67.3 cm³/mol. The van der Waals surface area contributed by atoms with Gasteiger partial charge >= 0.3 is 11.9 Å². The largest absolute Gasteiger partial charge is 0.473 e. The van der Waals surface area contributed by atoms with Crippen molar-refractivity contribution in [3.63, 3.8) is 0 Å². The summed E-state index contributed by atoms with van der Waals surface area (Å²) in [7, 11) is 0. The maximum atomic E-state index is 10.9. The monoisotopic (exact) mass is 257 g/mol. The lowest BCUT2D eigenvalue weighted by Gasteiger charge is -2.52. The first-order valence-electron chi connectivity index (χ1n) is 6.35. The minimum absolute atomic E-state index is 0.0530. The summed E-state index contributed by atoms with van der Waals surface area (Å²) in [6.07, 6.45) is 3.39. The third-order valence-corrected chi connectivity index (χ3v) is 3.76. The minimum atomic E-state index is -1.54. The topological polar surface area (TPSA) is 66.8 Å². The Hall–Kier alpha value is -1.10. The zero-order chi connectivity index (χ0) is 14.0. The van der Waals surface area contributed by atoms with Crippen LogP contribution in [-0.4, -0.2) is 46.2 Å². The van der Waals surface area contributed by atoms with Crippen LogP contribution in [0.1, 0.15) is 47.0 Å². The van der Waals surface area contributed by atoms with Gasteiger partial charge in [0.25, 0.3) is 0 Å². The molecule has 0 atom stereocenters. The molecule has 5 heteroatoms. The van der Waals surface area contributed by atoms with Gasteiger partial charge in [-0.2, -0.15) is 0 Å². The summed E-state index contributed by atoms with van der Waals surface area (Å²) in [6.45, 7) is 9.39. The van der Waals surface area contributed by atoms with Crippen molar-refractivity contribution >= 4 is 11.9 Å². The molecular weight excluding hydrogens is 234 g/mol. The third kappa shape index (κ3) is 3.45. The molecule has 1 saturated heterocycles. The molecule has 0 aliphatic carbocycles. The Bertz CT molecular complexity index is 320. The van der Waals surface area contributed by atoms with Crippen LogP contribution in [0.3, 0.4) is 0 Å². The first-order valence-corrected chi connectivity index (χ1v) is 6.35. The Kier molecular flexibility index (Phi) is 4.37. The molecule has 0 unspecified atom stereocenters. The van der Waals surface area contributed by atoms with Crippen molar-refractivity contribution in [1.82, 2.24) is 4.90 Å². The predicted octanol–water partition coefficient (Wildman–Crippen LogP) is 1.66. The maximum absolute atomic E-state index is 10.9. The summed E-state index contributed by atoms with van der Waals surface area (Å²) in [5.41, 5.74) is 0.106. The number of piperidine rings is 1. The van der Waals surface area contributed by atoms with E-state index in [0.717, 1.165) is 12.8 Å². The SMILES string of the molecule is CC1(C)CCCC(C)(C)N1CCOC(=O)C(=O)O. The Morgan fingerprint density at radius 2 is 1.67 bits per heavy atom. The summed E-state index contributed by atoms with van der Waals surface area (Å²) in [6, 6.07) is 0. The van der Waals surface area contributed by atoms with Gasteiger partial charge in [-0.05, 0) is 47.0 Å². The third-order valence-electron chi connectivity index (χ3n) is 3.76. The highest BCUT2D eigenvalue weighted by Crippen LogP contribution is 2.37. The van der Waals surface area contributed by atoms with Gasteiger partial charge in [-0.25, -0.2) is 9.59 Å². The fraction of sp³-hybridized carbons (Fsp3) is 0.846. The van der Waals surface area contributed by atoms with Crippen LogP contribution in [0.25, 0.3) is 0 Å². The lowest BCUT2D eigenvalue weighted by Crippen LogP contribution is -2.59. The van der Waals surface area contributed by atoms with Gasteiger partial charge in [-0.3, -0.25) is 4.90 Å². The van der Waals surface area contributed by atoms with E-state index in [2.05, 4.69) is 32.6 Å². The molecule has 0 radical (unpaired) electrons. The Morgan fingerprint density at radius 3 is 2.11 bits per heavy atom. The van der Waals surface area contributed by atoms with Crippen LogP contribution < -0.4 is 0 Å². The molecule has 0 aromatic rings. The van der Waals surface area contributed by atoms with E-state index in [1.807, 2.05) is 0 Å². The second kappa shape index (κ2) is 5.26. The Balaban J connectivity index is 2.57. The molecule has 0 aromatic heterocycles. The van der Waals surface area contributed by atoms with E-state index < -0.39 is 11.9 Å². The summed E-state index contributed by atoms with van der Waals surface area (Å²) in [4.78, 5) is 23.5. The van der Waals surface area contributed by atoms with E-state index in [0.29, 0.717) is 6.54 Å². The summed E-state index contributed by atoms with van der Waals surface area (Å²) in [5.74, 6) is -2.71. The highest BCUT2D eigenvalue weighted by Gasteiger charge is 2.40. The fourth-order valence-electron chi connectivity index (χ4n) is 2.94. The van der Waals surface area contributed by atoms with Crippen LogP contribution in [0, 0.1) is 0 Å². The zero-order valence-electron chi connectivity index (χ0n) is 11.7. The second-order valence-corrected chi connectivity index (χ2v) is 6.07. The molecule has 0 bridgehead atoms. The molecule has 1 N–H and O–H groups in total. The van der Waals surface area contributed by atoms with E-state index in [-0.39, 0.29) is 17.7 Å². The van der Waals surface area contributed by atoms with Crippen LogP contribution in [0.5, 0.6) is 0 Å². The number of hydrogen-bond acceptors (Lipinski definition) is 4. The van der Waals surface area contributed by atoms with Gasteiger partial charge in [-0.1, -0.05) is 0 Å². The smallest absolute Gasteiger partial charge is 0.417 e. The lowest BCUT2D eigenvalue weighted by molar-refractivity contribution is -0.165. The van der Waals surface area contributed by atoms with Gasteiger partial charge in [0.15, 0.2) is 0 Å². The number of carbonyl (C=O) groups is 2. The molecule has 0 amide bonds. The van der Waals surface area contributed by atoms with Crippen molar-refractivity contribution in [2.75, 3.05) is 13.2 Å². The molecule has 1 heterocycles. The Labute approximate surface area is 108 Å². The van der Waals surface area contributed by atoms with Crippen molar-refractivity contribution in [2.45, 2.75) is 58.0 Å². The van der Waals surface area contributed by atoms with Gasteiger partial charge in [0.2, 0.25) is 0 Å². The molecule has 0 aromatic carbocycles. The number of ether oxygens (including phenoxy) is 1. The molecule has 0 spiro atoms. The number of carboxylic acid groups (broad SMARTS) is 1. The molecule has 1 fully saturated rings. The van der Waals surface area contributed by atoms with Gasteiger partial charge in [0.05, 0.1) is 0 Å². The van der Waals surface area contributed by atoms with E-state index >= 15 is 0 Å². The van der Waals surface area contributed by atoms with Crippen LogP contribution in [0.2, 0.25) is 0 Å². The number of carbonyl (C=O) groups excluding carboxylic acids is 1. The molecule has 1 aliphatic rings. The van der Waals surface area contributed by atoms with Crippen LogP contribution in [0.15, 0.2) is 0 Å². The maximum Gasteiger partial charge on any atom is 0.417 e. The number of carboxylic acids is 1. The van der Waals surface area contributed by atoms with Crippen LogP contribution in [0.4, 0.5) is 0 Å². The van der Waals surface area contributed by atoms with Gasteiger partial charge < -0.3 is 9.84 Å². The number of esters is 1. The van der Waals surface area contributed by atoms with Crippen molar-refractivity contribution in [1.29, 1.82) is 0 Å². The molecular formula is C13H23NO4. The fourth-order valence-corrected chi connectivity index (χ4v) is 2.94. The summed E-state index contributed by atoms with van der Waals surface area (Å²) >= 11 is 0. The zero-order valence-corrected chi connectivity index (χ0v) is 11.7. The number of rotatable bonds is 3. The standard InChI is InChI=1S/C13H23NO4/c1-12(2)6-5-7-13(3,4)14(12)8-9-18-11(17)10(15)16/h5-9H2,1-4H3,(H,15,16). The molecule has 0 saturated carbocycles. The summed E-state index contributed by atoms with van der Waals surface area (Å²) in [5, 5.41) is 8.44. The van der Waals surface area contributed by atoms with Crippen molar-refractivity contribution in [3.8, 4) is 0 Å². The first-order chi connectivity index (χ1) is 8.17. The quantitative estimate of drug-likeness (QED) is 0.615. The molecule has 5 nitrogen and oxygen atoms in total. The molecule has 1 rings (SSSR count). The average Bonchev–Trinajstić information content (AvgIpc) is 2.20. The number of hydrogen-bond donors (Lipinski definition) is 1. The molecule has 104 valence electrons. The Morgan fingerprint density at radius 1 is 1.17 bits per heavy atom. The van der Waals surface area contributed by atoms with E-state index in [9.17, 15) is 9.59 Å². The van der Waals surface area contributed by atoms with Gasteiger partial charge in [0, 0.05) is 17.6 Å². The highest BCUT2D eigenvalue weighted by atomic mass is 16.6. The highest BCUT2D eigenvalue weighted by molar-refractivity contribution is 6.28. The number of nitrogens with zero attached hydrogens (tertiary/aromatic N) is 1. The molecule has 18 heavy (non-hydrogen) atoms. The second-order valence-electron chi connectivity index (χ2n) is 6.07. The number of likely N-dealkylation sites (tertiary alicyclic amines) is 1. The van der Waals surface area contributed by atoms with Crippen molar-refractivity contribution < 1.29 is 19.4 Å². The van der Waals surface area contributed by atoms with E-state index in [1.54, 1.807) is 0 Å². The lowest BCUT2D eigenvalue weighted by atomic mass is 9.80. The van der Waals surface area contributed by atoms with Gasteiger partial charge in [0.1, 0.15) is 6.61 Å². The van der Waals surface area contributed by atoms with Crippen molar-refractivity contribution in [3.05, 3.63) is 0 Å².